The van der Waals surface area contributed by atoms with Crippen molar-refractivity contribution < 1.29 is 74.5 Å². The zero-order chi connectivity index (χ0) is 46.7. The fourth-order valence-electron chi connectivity index (χ4n) is 7.78. The predicted octanol–water partition coefficient (Wildman–Crippen LogP) is 2.77. The molecule has 3 aliphatic heterocycles. The molecule has 3 rings (SSSR count). The minimum absolute atomic E-state index is 0.00302. The Morgan fingerprint density at radius 2 is 1.27 bits per heavy atom. The summed E-state index contributed by atoms with van der Waals surface area (Å²) >= 11 is 0. The number of ether oxygens (including phenoxy) is 4. The molecule has 0 amide bonds. The van der Waals surface area contributed by atoms with E-state index >= 15 is 0 Å². The second-order valence-electron chi connectivity index (χ2n) is 17.2. The molecule has 3 aliphatic rings. The molecular formula is C47H73NO15. The third kappa shape index (κ3) is 18.6. The number of cyclic esters (lactones) is 1. The molecule has 2 fully saturated rings. The van der Waals surface area contributed by atoms with Crippen molar-refractivity contribution in [2.24, 2.45) is 23.5 Å². The molecule has 356 valence electrons. The van der Waals surface area contributed by atoms with Crippen LogP contribution in [0.25, 0.3) is 0 Å². The highest BCUT2D eigenvalue weighted by molar-refractivity contribution is 5.71. The number of nitrogens with two attached hydrogens (primary N) is 1. The van der Waals surface area contributed by atoms with Crippen molar-refractivity contribution in [3.8, 4) is 0 Å². The second kappa shape index (κ2) is 27.2. The van der Waals surface area contributed by atoms with Gasteiger partial charge < -0.3 is 70.6 Å². The fourth-order valence-corrected chi connectivity index (χ4v) is 7.78. The average Bonchev–Trinajstić information content (AvgIpc) is 3.22. The predicted molar refractivity (Wildman–Crippen MR) is 234 cm³/mol. The summed E-state index contributed by atoms with van der Waals surface area (Å²) in [5, 5.41) is 96.1. The lowest BCUT2D eigenvalue weighted by Crippen LogP contribution is -2.61. The average molecular weight is 892 g/mol. The Morgan fingerprint density at radius 1 is 0.698 bits per heavy atom. The molecule has 3 heterocycles. The van der Waals surface area contributed by atoms with E-state index in [0.717, 1.165) is 0 Å². The number of esters is 1. The molecule has 16 nitrogen and oxygen atoms in total. The molecule has 0 spiro atoms. The maximum atomic E-state index is 12.6. The number of aliphatic carboxylic acids is 1. The molecule has 5 unspecified atom stereocenters. The van der Waals surface area contributed by atoms with E-state index in [-0.39, 0.29) is 70.1 Å². The lowest BCUT2D eigenvalue weighted by Gasteiger charge is -2.43. The standard InChI is InChI=1S/C47H73NO15/c1-29-18-15-13-11-9-7-5-6-8-10-12-14-16-19-35(62-46-44(56)41(48)43(55)32(4)61-46)28-39-36(45(57)58)23-25-47(59,63-39)24-17-20-37(51)38(52)22-21-33(49)26-34(50)27-40(53)60-31(3)30(2)42(29)54/h5-16,18-19,29-39,41-44,46,49-52,54-56,59H,17,20-28,48H2,1-4H3,(H,57,58)/b6-5+,9-7+,10-8+,13-11+,14-12+,18-15+,19-16+/t29-,30-,31-,32?,33+,34+,35-,36+,37+,38+,39-,41?,42+,43?,44?,46?,47+/m0/s1. The molecule has 0 aromatic rings. The van der Waals surface area contributed by atoms with E-state index in [1.807, 2.05) is 61.6 Å². The molecule has 2 bridgehead atoms. The highest BCUT2D eigenvalue weighted by atomic mass is 16.7. The van der Waals surface area contributed by atoms with Gasteiger partial charge in [0.15, 0.2) is 12.1 Å². The zero-order valence-corrected chi connectivity index (χ0v) is 36.9. The van der Waals surface area contributed by atoms with Gasteiger partial charge in [0.05, 0.1) is 73.3 Å². The van der Waals surface area contributed by atoms with Crippen molar-refractivity contribution in [3.05, 3.63) is 85.1 Å². The number of hydrogen-bond donors (Lipinski definition) is 10. The topological polar surface area (TPSA) is 279 Å². The Labute approximate surface area is 371 Å². The maximum Gasteiger partial charge on any atom is 0.309 e. The number of carboxylic acid groups (broad SMARTS) is 1. The monoisotopic (exact) mass is 891 g/mol. The van der Waals surface area contributed by atoms with E-state index in [1.54, 1.807) is 51.2 Å². The normalized spacial score (nSPS) is 44.2. The summed E-state index contributed by atoms with van der Waals surface area (Å²) in [6.07, 6.45) is 11.8. The summed E-state index contributed by atoms with van der Waals surface area (Å²) in [6, 6.07) is -1.07. The summed E-state index contributed by atoms with van der Waals surface area (Å²) < 4.78 is 23.5. The number of carboxylic acids is 1. The number of hydrogen-bond acceptors (Lipinski definition) is 15. The van der Waals surface area contributed by atoms with Crippen LogP contribution < -0.4 is 5.73 Å². The van der Waals surface area contributed by atoms with Gasteiger partial charge in [0.1, 0.15) is 12.2 Å². The zero-order valence-electron chi connectivity index (χ0n) is 36.9. The van der Waals surface area contributed by atoms with Crippen molar-refractivity contribution in [2.75, 3.05) is 0 Å². The van der Waals surface area contributed by atoms with Crippen LogP contribution in [0.4, 0.5) is 0 Å². The van der Waals surface area contributed by atoms with Crippen molar-refractivity contribution in [2.45, 2.75) is 177 Å². The molecule has 11 N–H and O–H groups in total. The lowest BCUT2D eigenvalue weighted by molar-refractivity contribution is -0.292. The minimum atomic E-state index is -1.77. The number of rotatable bonds is 3. The van der Waals surface area contributed by atoms with Crippen LogP contribution in [0.3, 0.4) is 0 Å². The fraction of sp³-hybridized carbons (Fsp3) is 0.660. The number of fused-ring (bicyclic) bond motifs is 2. The van der Waals surface area contributed by atoms with Crippen molar-refractivity contribution in [3.63, 3.8) is 0 Å². The smallest absolute Gasteiger partial charge is 0.309 e. The first-order chi connectivity index (χ1) is 29.8. The van der Waals surface area contributed by atoms with Crippen LogP contribution >= 0.6 is 0 Å². The van der Waals surface area contributed by atoms with E-state index in [1.165, 1.54) is 0 Å². The first kappa shape index (κ1) is 54.0. The van der Waals surface area contributed by atoms with Crippen LogP contribution in [-0.2, 0) is 28.5 Å². The summed E-state index contributed by atoms with van der Waals surface area (Å²) in [6.45, 7) is 6.87. The van der Waals surface area contributed by atoms with Crippen LogP contribution in [0.5, 0.6) is 0 Å². The molecule has 17 atom stereocenters. The Hall–Kier alpha value is -3.36. The van der Waals surface area contributed by atoms with E-state index in [2.05, 4.69) is 0 Å². The van der Waals surface area contributed by atoms with Gasteiger partial charge in [-0.05, 0) is 52.4 Å². The molecule has 63 heavy (non-hydrogen) atoms. The molecule has 0 aliphatic carbocycles. The van der Waals surface area contributed by atoms with Crippen LogP contribution in [0.15, 0.2) is 85.1 Å². The number of carbonyl (C=O) groups is 2. The van der Waals surface area contributed by atoms with Gasteiger partial charge in [-0.3, -0.25) is 9.59 Å². The Balaban J connectivity index is 1.80. The lowest BCUT2D eigenvalue weighted by atomic mass is 9.85. The van der Waals surface area contributed by atoms with Crippen molar-refractivity contribution >= 4 is 11.9 Å². The molecule has 0 aromatic heterocycles. The number of aliphatic hydroxyl groups is 8. The third-order valence-electron chi connectivity index (χ3n) is 12.0. The Bertz CT molecular complexity index is 1600. The molecule has 0 aromatic carbocycles. The van der Waals surface area contributed by atoms with Crippen LogP contribution in [-0.4, -0.2) is 143 Å². The largest absolute Gasteiger partial charge is 0.481 e. The molecule has 0 radical (unpaired) electrons. The SMILES string of the molecule is CC1OC(O[C@H]2/C=C/C=C/C=C/C=C/C=C/C=C/C=C/[C@H](C)[C@@H](O)[C@@H](C)[C@H](C)OC(=O)C[C@H](O)C[C@H](O)CC[C@@H](O)[C@H](O)CCC[C@]3(O)CC[C@@H](C(=O)O)[C@H](C2)O3)C(O)C(N)C1O. The first-order valence-electron chi connectivity index (χ1n) is 22.2. The molecule has 0 saturated carbocycles. The van der Waals surface area contributed by atoms with Crippen LogP contribution in [0.2, 0.25) is 0 Å². The van der Waals surface area contributed by atoms with Crippen molar-refractivity contribution in [1.82, 2.24) is 0 Å². The Morgan fingerprint density at radius 3 is 1.87 bits per heavy atom. The van der Waals surface area contributed by atoms with Crippen molar-refractivity contribution in [1.29, 1.82) is 0 Å². The van der Waals surface area contributed by atoms with Gasteiger partial charge in [-0.25, -0.2) is 0 Å². The van der Waals surface area contributed by atoms with E-state index in [4.69, 9.17) is 24.7 Å². The van der Waals surface area contributed by atoms with E-state index in [0.29, 0.717) is 0 Å². The first-order valence-corrected chi connectivity index (χ1v) is 22.2. The number of carbonyl (C=O) groups excluding carboxylic acids is 1. The molecular weight excluding hydrogens is 819 g/mol. The summed E-state index contributed by atoms with van der Waals surface area (Å²) in [5.41, 5.74) is 6.04. The molecule has 2 saturated heterocycles. The quantitative estimate of drug-likeness (QED) is 0.182. The summed E-state index contributed by atoms with van der Waals surface area (Å²) in [5.74, 6) is -5.28. The van der Waals surface area contributed by atoms with Gasteiger partial charge in [-0.1, -0.05) is 98.9 Å². The third-order valence-corrected chi connectivity index (χ3v) is 12.0. The van der Waals surface area contributed by atoms with E-state index < -0.39 is 109 Å². The van der Waals surface area contributed by atoms with Gasteiger partial charge >= 0.3 is 11.9 Å². The van der Waals surface area contributed by atoms with Crippen LogP contribution in [0, 0.1) is 17.8 Å². The number of allylic oxidation sites excluding steroid dienone is 12. The number of aliphatic hydroxyl groups excluding tert-OH is 7. The maximum absolute atomic E-state index is 12.6. The highest BCUT2D eigenvalue weighted by Gasteiger charge is 2.46. The van der Waals surface area contributed by atoms with Gasteiger partial charge in [-0.15, -0.1) is 0 Å². The van der Waals surface area contributed by atoms with Gasteiger partial charge in [-0.2, -0.15) is 0 Å². The highest BCUT2D eigenvalue weighted by Crippen LogP contribution is 2.37. The molecule has 16 heteroatoms. The summed E-state index contributed by atoms with van der Waals surface area (Å²) in [7, 11) is 0. The van der Waals surface area contributed by atoms with E-state index in [9.17, 15) is 55.5 Å². The Kier molecular flexibility index (Phi) is 23.3. The summed E-state index contributed by atoms with van der Waals surface area (Å²) in [4.78, 5) is 25.0. The second-order valence-corrected chi connectivity index (χ2v) is 17.2. The van der Waals surface area contributed by atoms with Gasteiger partial charge in [0.2, 0.25) is 0 Å². The van der Waals surface area contributed by atoms with Crippen LogP contribution in [0.1, 0.15) is 91.9 Å². The minimum Gasteiger partial charge on any atom is -0.481 e. The van der Waals surface area contributed by atoms with Gasteiger partial charge in [0.25, 0.3) is 0 Å². The van der Waals surface area contributed by atoms with Gasteiger partial charge in [0, 0.05) is 31.1 Å².